The molecule has 7 heteroatoms. The first-order chi connectivity index (χ1) is 12.4. The Balaban J connectivity index is 1.76. The van der Waals surface area contributed by atoms with Crippen molar-refractivity contribution in [2.24, 2.45) is 0 Å². The van der Waals surface area contributed by atoms with Gasteiger partial charge in [0.05, 0.1) is 5.56 Å². The molecule has 0 atom stereocenters. The lowest BCUT2D eigenvalue weighted by atomic mass is 10.2. The number of nitrogens with zero attached hydrogens (tertiary/aromatic N) is 1. The van der Waals surface area contributed by atoms with E-state index in [0.717, 1.165) is 12.1 Å². The van der Waals surface area contributed by atoms with Crippen LogP contribution in [0.25, 0.3) is 0 Å². The summed E-state index contributed by atoms with van der Waals surface area (Å²) in [6.07, 6.45) is -3.01. The van der Waals surface area contributed by atoms with Crippen LogP contribution in [0.4, 0.5) is 30.2 Å². The molecule has 1 aromatic heterocycles. The first kappa shape index (κ1) is 17.5. The van der Waals surface area contributed by atoms with Crippen LogP contribution >= 0.6 is 0 Å². The summed E-state index contributed by atoms with van der Waals surface area (Å²) < 4.78 is 38.4. The first-order valence-corrected chi connectivity index (χ1v) is 7.68. The normalized spacial score (nSPS) is 11.0. The highest BCUT2D eigenvalue weighted by atomic mass is 19.4. The zero-order chi connectivity index (χ0) is 18.6. The molecule has 132 valence electrons. The third-order valence-electron chi connectivity index (χ3n) is 3.50. The summed E-state index contributed by atoms with van der Waals surface area (Å²) in [6.45, 7) is 0. The molecule has 0 spiro atoms. The average molecular weight is 357 g/mol. The van der Waals surface area contributed by atoms with Crippen molar-refractivity contribution in [1.29, 1.82) is 0 Å². The number of para-hydroxylation sites is 1. The maximum atomic E-state index is 12.8. The molecule has 3 rings (SSSR count). The number of rotatable bonds is 4. The van der Waals surface area contributed by atoms with Gasteiger partial charge < -0.3 is 10.6 Å². The number of anilines is 3. The molecule has 0 aliphatic rings. The summed E-state index contributed by atoms with van der Waals surface area (Å²) in [5.74, 6) is -0.413. The second-order valence-electron chi connectivity index (χ2n) is 5.45. The molecule has 0 bridgehead atoms. The van der Waals surface area contributed by atoms with Crippen LogP contribution in [-0.4, -0.2) is 10.9 Å². The van der Waals surface area contributed by atoms with E-state index >= 15 is 0 Å². The third-order valence-corrected chi connectivity index (χ3v) is 3.50. The minimum absolute atomic E-state index is 0.144. The Morgan fingerprint density at radius 3 is 2.27 bits per heavy atom. The minimum atomic E-state index is -4.42. The van der Waals surface area contributed by atoms with E-state index in [2.05, 4.69) is 15.6 Å². The maximum absolute atomic E-state index is 12.8. The molecule has 0 saturated heterocycles. The smallest absolute Gasteiger partial charge is 0.355 e. The monoisotopic (exact) mass is 357 g/mol. The minimum Gasteiger partial charge on any atom is -0.355 e. The zero-order valence-corrected chi connectivity index (χ0v) is 13.4. The van der Waals surface area contributed by atoms with E-state index in [-0.39, 0.29) is 11.4 Å². The lowest BCUT2D eigenvalue weighted by Gasteiger charge is -2.11. The van der Waals surface area contributed by atoms with Gasteiger partial charge in [0.1, 0.15) is 5.69 Å². The fraction of sp³-hybridized carbons (Fsp3) is 0.0526. The van der Waals surface area contributed by atoms with Crippen molar-refractivity contribution >= 4 is 23.0 Å². The molecule has 2 aromatic carbocycles. The van der Waals surface area contributed by atoms with E-state index < -0.39 is 17.6 Å². The predicted molar refractivity (Wildman–Crippen MR) is 93.4 cm³/mol. The molecule has 0 aliphatic carbocycles. The molecule has 0 fully saturated rings. The topological polar surface area (TPSA) is 54.0 Å². The van der Waals surface area contributed by atoms with Crippen molar-refractivity contribution in [2.45, 2.75) is 6.18 Å². The number of nitrogens with one attached hydrogen (secondary N) is 2. The van der Waals surface area contributed by atoms with E-state index in [4.69, 9.17) is 0 Å². The summed E-state index contributed by atoms with van der Waals surface area (Å²) in [6, 6.07) is 16.7. The van der Waals surface area contributed by atoms with Crippen LogP contribution in [0.2, 0.25) is 0 Å². The summed E-state index contributed by atoms with van der Waals surface area (Å²) in [7, 11) is 0. The van der Waals surface area contributed by atoms with Crippen molar-refractivity contribution in [3.05, 3.63) is 84.2 Å². The Morgan fingerprint density at radius 2 is 1.54 bits per heavy atom. The van der Waals surface area contributed by atoms with Gasteiger partial charge in [-0.15, -0.1) is 0 Å². The van der Waals surface area contributed by atoms with Gasteiger partial charge >= 0.3 is 6.18 Å². The van der Waals surface area contributed by atoms with Gasteiger partial charge in [-0.05, 0) is 42.5 Å². The largest absolute Gasteiger partial charge is 0.416 e. The highest BCUT2D eigenvalue weighted by molar-refractivity contribution is 6.03. The SMILES string of the molecule is O=C(Nc1ccccc1)c1cc(Nc2cccc(C(F)(F)F)c2)ccn1. The molecule has 0 saturated carbocycles. The third kappa shape index (κ3) is 4.38. The Kier molecular flexibility index (Phi) is 4.88. The van der Waals surface area contributed by atoms with Crippen LogP contribution in [0.15, 0.2) is 72.9 Å². The van der Waals surface area contributed by atoms with Crippen LogP contribution in [0, 0.1) is 0 Å². The lowest BCUT2D eigenvalue weighted by Crippen LogP contribution is -2.13. The number of alkyl halides is 3. The highest BCUT2D eigenvalue weighted by Gasteiger charge is 2.30. The van der Waals surface area contributed by atoms with Gasteiger partial charge in [-0.2, -0.15) is 13.2 Å². The molecular weight excluding hydrogens is 343 g/mol. The summed E-state index contributed by atoms with van der Waals surface area (Å²) in [5.41, 5.74) is 0.734. The average Bonchev–Trinajstić information content (AvgIpc) is 2.62. The molecule has 4 nitrogen and oxygen atoms in total. The predicted octanol–water partition coefficient (Wildman–Crippen LogP) is 5.10. The molecule has 0 radical (unpaired) electrons. The van der Waals surface area contributed by atoms with Crippen molar-refractivity contribution < 1.29 is 18.0 Å². The summed E-state index contributed by atoms with van der Waals surface area (Å²) >= 11 is 0. The summed E-state index contributed by atoms with van der Waals surface area (Å²) in [5, 5.41) is 5.56. The quantitative estimate of drug-likeness (QED) is 0.683. The molecule has 0 unspecified atom stereocenters. The molecule has 0 aliphatic heterocycles. The van der Waals surface area contributed by atoms with Gasteiger partial charge in [0.25, 0.3) is 5.91 Å². The van der Waals surface area contributed by atoms with Crippen LogP contribution in [0.5, 0.6) is 0 Å². The van der Waals surface area contributed by atoms with Gasteiger partial charge in [-0.1, -0.05) is 24.3 Å². The maximum Gasteiger partial charge on any atom is 0.416 e. The van der Waals surface area contributed by atoms with Gasteiger partial charge in [0, 0.05) is 23.3 Å². The van der Waals surface area contributed by atoms with Crippen molar-refractivity contribution in [2.75, 3.05) is 10.6 Å². The van der Waals surface area contributed by atoms with Crippen molar-refractivity contribution in [1.82, 2.24) is 4.98 Å². The van der Waals surface area contributed by atoms with Gasteiger partial charge in [-0.3, -0.25) is 9.78 Å². The lowest BCUT2D eigenvalue weighted by molar-refractivity contribution is -0.137. The molecule has 1 amide bonds. The number of hydrogen-bond acceptors (Lipinski definition) is 3. The zero-order valence-electron chi connectivity index (χ0n) is 13.4. The van der Waals surface area contributed by atoms with E-state index in [0.29, 0.717) is 11.4 Å². The molecule has 2 N–H and O–H groups in total. The number of pyridine rings is 1. The first-order valence-electron chi connectivity index (χ1n) is 7.68. The van der Waals surface area contributed by atoms with E-state index in [1.165, 1.54) is 24.4 Å². The van der Waals surface area contributed by atoms with Crippen LogP contribution in [-0.2, 0) is 6.18 Å². The molecular formula is C19H14F3N3O. The van der Waals surface area contributed by atoms with Crippen molar-refractivity contribution in [3.63, 3.8) is 0 Å². The Labute approximate surface area is 147 Å². The standard InChI is InChI=1S/C19H14F3N3O/c20-19(21,22)13-5-4-8-15(11-13)24-16-9-10-23-17(12-16)18(26)25-14-6-2-1-3-7-14/h1-12H,(H,23,24)(H,25,26). The molecule has 26 heavy (non-hydrogen) atoms. The Morgan fingerprint density at radius 1 is 0.846 bits per heavy atom. The number of benzene rings is 2. The van der Waals surface area contributed by atoms with Crippen molar-refractivity contribution in [3.8, 4) is 0 Å². The second-order valence-corrected chi connectivity index (χ2v) is 5.45. The molecule has 1 heterocycles. The Hall–Kier alpha value is -3.35. The van der Waals surface area contributed by atoms with Crippen LogP contribution in [0.3, 0.4) is 0 Å². The Bertz CT molecular complexity index is 911. The second kappa shape index (κ2) is 7.26. The van der Waals surface area contributed by atoms with E-state index in [1.807, 2.05) is 6.07 Å². The van der Waals surface area contributed by atoms with Gasteiger partial charge in [0.15, 0.2) is 0 Å². The highest BCUT2D eigenvalue weighted by Crippen LogP contribution is 2.31. The number of halogens is 3. The number of aromatic nitrogens is 1. The number of hydrogen-bond donors (Lipinski definition) is 2. The summed E-state index contributed by atoms with van der Waals surface area (Å²) in [4.78, 5) is 16.3. The van der Waals surface area contributed by atoms with Gasteiger partial charge in [-0.25, -0.2) is 0 Å². The fourth-order valence-electron chi connectivity index (χ4n) is 2.29. The van der Waals surface area contributed by atoms with Crippen LogP contribution in [0.1, 0.15) is 16.1 Å². The number of amides is 1. The fourth-order valence-corrected chi connectivity index (χ4v) is 2.29. The van der Waals surface area contributed by atoms with Gasteiger partial charge in [0.2, 0.25) is 0 Å². The van der Waals surface area contributed by atoms with Crippen LogP contribution < -0.4 is 10.6 Å². The molecule has 3 aromatic rings. The van der Waals surface area contributed by atoms with E-state index in [9.17, 15) is 18.0 Å². The number of carbonyl (C=O) groups is 1. The number of carbonyl (C=O) groups excluding carboxylic acids is 1. The van der Waals surface area contributed by atoms with E-state index in [1.54, 1.807) is 30.3 Å².